The summed E-state index contributed by atoms with van der Waals surface area (Å²) in [7, 11) is 0. The van der Waals surface area contributed by atoms with Gasteiger partial charge >= 0.3 is 0 Å². The fourth-order valence-corrected chi connectivity index (χ4v) is 2.82. The molecule has 0 saturated carbocycles. The summed E-state index contributed by atoms with van der Waals surface area (Å²) in [4.78, 5) is 8.92. The molecular weight excluding hydrogens is 248 g/mol. The van der Waals surface area contributed by atoms with Gasteiger partial charge < -0.3 is 10.3 Å². The van der Waals surface area contributed by atoms with Crippen molar-refractivity contribution in [2.75, 3.05) is 5.73 Å². The molecule has 1 unspecified atom stereocenters. The molecule has 1 aromatic carbocycles. The van der Waals surface area contributed by atoms with Crippen molar-refractivity contribution in [1.29, 1.82) is 0 Å². The summed E-state index contributed by atoms with van der Waals surface area (Å²) in [6.45, 7) is 4.42. The fraction of sp³-hybridized carbons (Fsp3) is 0.375. The van der Waals surface area contributed by atoms with E-state index in [1.807, 2.05) is 24.4 Å². The lowest BCUT2D eigenvalue weighted by atomic mass is 10.1. The van der Waals surface area contributed by atoms with Gasteiger partial charge in [-0.15, -0.1) is 0 Å². The van der Waals surface area contributed by atoms with E-state index in [1.54, 1.807) is 0 Å². The van der Waals surface area contributed by atoms with Gasteiger partial charge in [0.05, 0.1) is 17.2 Å². The van der Waals surface area contributed by atoms with E-state index in [1.165, 1.54) is 12.8 Å². The summed E-state index contributed by atoms with van der Waals surface area (Å²) in [6, 6.07) is 8.51. The van der Waals surface area contributed by atoms with Crippen molar-refractivity contribution < 1.29 is 0 Å². The van der Waals surface area contributed by atoms with E-state index in [2.05, 4.69) is 34.4 Å². The van der Waals surface area contributed by atoms with Crippen LogP contribution in [0.3, 0.4) is 0 Å². The van der Waals surface area contributed by atoms with Crippen LogP contribution in [0.2, 0.25) is 0 Å². The van der Waals surface area contributed by atoms with Crippen LogP contribution >= 0.6 is 0 Å². The molecule has 20 heavy (non-hydrogen) atoms. The molecule has 2 N–H and O–H groups in total. The fourth-order valence-electron chi connectivity index (χ4n) is 2.82. The lowest BCUT2D eigenvalue weighted by Crippen LogP contribution is -2.09. The van der Waals surface area contributed by atoms with Gasteiger partial charge in [0.2, 0.25) is 5.95 Å². The summed E-state index contributed by atoms with van der Waals surface area (Å²) in [5.74, 6) is 0.585. The molecule has 0 fully saturated rings. The first-order chi connectivity index (χ1) is 9.72. The first kappa shape index (κ1) is 12.9. The molecule has 0 amide bonds. The molecule has 3 aromatic rings. The second kappa shape index (κ2) is 5.12. The number of nitrogens with zero attached hydrogens (tertiary/aromatic N) is 3. The number of nitrogens with two attached hydrogens (primary N) is 1. The third kappa shape index (κ3) is 2.01. The highest BCUT2D eigenvalue weighted by molar-refractivity contribution is 6.03. The van der Waals surface area contributed by atoms with Gasteiger partial charge in [0.1, 0.15) is 5.52 Å². The van der Waals surface area contributed by atoms with Gasteiger partial charge in [0.25, 0.3) is 0 Å². The Hall–Kier alpha value is -2.10. The average molecular weight is 268 g/mol. The van der Waals surface area contributed by atoms with Crippen molar-refractivity contribution in [1.82, 2.24) is 14.5 Å². The van der Waals surface area contributed by atoms with Crippen molar-refractivity contribution in [2.45, 2.75) is 39.2 Å². The second-order valence-corrected chi connectivity index (χ2v) is 5.34. The van der Waals surface area contributed by atoms with Gasteiger partial charge in [-0.3, -0.25) is 4.98 Å². The molecular formula is C16H20N4. The van der Waals surface area contributed by atoms with Gasteiger partial charge in [-0.25, -0.2) is 4.98 Å². The Morgan fingerprint density at radius 2 is 2.05 bits per heavy atom. The molecule has 1 atom stereocenters. The van der Waals surface area contributed by atoms with Crippen LogP contribution in [0.25, 0.3) is 21.9 Å². The van der Waals surface area contributed by atoms with Crippen molar-refractivity contribution >= 4 is 27.9 Å². The van der Waals surface area contributed by atoms with E-state index >= 15 is 0 Å². The largest absolute Gasteiger partial charge is 0.369 e. The summed E-state index contributed by atoms with van der Waals surface area (Å²) in [5, 5.41) is 1.12. The molecule has 0 radical (unpaired) electrons. The van der Waals surface area contributed by atoms with Gasteiger partial charge in [-0.05, 0) is 19.4 Å². The zero-order chi connectivity index (χ0) is 14.1. The number of pyridine rings is 1. The van der Waals surface area contributed by atoms with Gasteiger partial charge in [-0.1, -0.05) is 38.0 Å². The lowest BCUT2D eigenvalue weighted by Gasteiger charge is -2.16. The minimum atomic E-state index is 0.353. The van der Waals surface area contributed by atoms with Crippen molar-refractivity contribution in [3.05, 3.63) is 30.5 Å². The van der Waals surface area contributed by atoms with E-state index < -0.39 is 0 Å². The van der Waals surface area contributed by atoms with Crippen LogP contribution < -0.4 is 5.73 Å². The number of benzene rings is 1. The molecule has 3 rings (SSSR count). The van der Waals surface area contributed by atoms with Crippen LogP contribution in [0.5, 0.6) is 0 Å². The number of aromatic nitrogens is 3. The number of fused-ring (bicyclic) bond motifs is 3. The zero-order valence-electron chi connectivity index (χ0n) is 12.0. The topological polar surface area (TPSA) is 56.7 Å². The van der Waals surface area contributed by atoms with Crippen LogP contribution in [0.1, 0.15) is 39.2 Å². The van der Waals surface area contributed by atoms with E-state index in [9.17, 15) is 0 Å². The molecule has 0 aliphatic carbocycles. The highest BCUT2D eigenvalue weighted by Gasteiger charge is 2.16. The molecule has 104 valence electrons. The number of hydrogen-bond acceptors (Lipinski definition) is 3. The van der Waals surface area contributed by atoms with E-state index in [0.717, 1.165) is 28.4 Å². The zero-order valence-corrected chi connectivity index (χ0v) is 12.0. The van der Waals surface area contributed by atoms with E-state index in [0.29, 0.717) is 12.0 Å². The highest BCUT2D eigenvalue weighted by Crippen LogP contribution is 2.30. The minimum absolute atomic E-state index is 0.353. The predicted molar refractivity (Wildman–Crippen MR) is 83.7 cm³/mol. The molecule has 4 nitrogen and oxygen atoms in total. The van der Waals surface area contributed by atoms with Crippen LogP contribution in [0, 0.1) is 0 Å². The van der Waals surface area contributed by atoms with Gasteiger partial charge in [-0.2, -0.15) is 0 Å². The Bertz CT molecular complexity index is 745. The maximum absolute atomic E-state index is 6.14. The van der Waals surface area contributed by atoms with Crippen molar-refractivity contribution in [3.8, 4) is 0 Å². The highest BCUT2D eigenvalue weighted by atomic mass is 15.2. The molecule has 0 saturated heterocycles. The molecule has 0 spiro atoms. The minimum Gasteiger partial charge on any atom is -0.369 e. The normalized spacial score (nSPS) is 13.1. The maximum Gasteiger partial charge on any atom is 0.201 e. The maximum atomic E-state index is 6.14. The summed E-state index contributed by atoms with van der Waals surface area (Å²) in [5.41, 5.74) is 9.12. The van der Waals surface area contributed by atoms with E-state index in [-0.39, 0.29) is 0 Å². The Labute approximate surface area is 118 Å². The number of rotatable bonds is 4. The standard InChI is InChI=1S/C16H20N4/c1-3-4-7-11(2)20-15-12-8-5-6-9-13(12)18-10-14(15)19-16(20)17/h5-6,8-11H,3-4,7H2,1-2H3,(H2,17,19). The van der Waals surface area contributed by atoms with E-state index in [4.69, 9.17) is 5.73 Å². The number of nitrogen functional groups attached to an aromatic ring is 1. The first-order valence-corrected chi connectivity index (χ1v) is 7.23. The lowest BCUT2D eigenvalue weighted by molar-refractivity contribution is 0.502. The molecule has 2 aromatic heterocycles. The number of anilines is 1. The summed E-state index contributed by atoms with van der Waals surface area (Å²) >= 11 is 0. The quantitative estimate of drug-likeness (QED) is 0.780. The molecule has 0 bridgehead atoms. The molecule has 2 heterocycles. The van der Waals surface area contributed by atoms with Crippen LogP contribution in [0.4, 0.5) is 5.95 Å². The Kier molecular flexibility index (Phi) is 3.30. The number of para-hydroxylation sites is 1. The number of unbranched alkanes of at least 4 members (excludes halogenated alkanes) is 1. The van der Waals surface area contributed by atoms with Gasteiger partial charge in [0, 0.05) is 11.4 Å². The SMILES string of the molecule is CCCCC(C)n1c(N)nc2cnc3ccccc3c21. The smallest absolute Gasteiger partial charge is 0.201 e. The average Bonchev–Trinajstić information content (AvgIpc) is 2.81. The second-order valence-electron chi connectivity index (χ2n) is 5.34. The number of imidazole rings is 1. The van der Waals surface area contributed by atoms with Crippen LogP contribution in [-0.2, 0) is 0 Å². The Balaban J connectivity index is 2.24. The third-order valence-electron chi connectivity index (χ3n) is 3.87. The third-order valence-corrected chi connectivity index (χ3v) is 3.87. The summed E-state index contributed by atoms with van der Waals surface area (Å²) < 4.78 is 2.16. The van der Waals surface area contributed by atoms with Gasteiger partial charge in [0.15, 0.2) is 0 Å². The first-order valence-electron chi connectivity index (χ1n) is 7.23. The monoisotopic (exact) mass is 268 g/mol. The van der Waals surface area contributed by atoms with Crippen LogP contribution in [0.15, 0.2) is 30.5 Å². The van der Waals surface area contributed by atoms with Crippen molar-refractivity contribution in [2.24, 2.45) is 0 Å². The summed E-state index contributed by atoms with van der Waals surface area (Å²) in [6.07, 6.45) is 5.32. The number of hydrogen-bond donors (Lipinski definition) is 1. The Morgan fingerprint density at radius 3 is 2.85 bits per heavy atom. The molecule has 0 aliphatic rings. The predicted octanol–water partition coefficient (Wildman–Crippen LogP) is 3.92. The van der Waals surface area contributed by atoms with Crippen LogP contribution in [-0.4, -0.2) is 14.5 Å². The Morgan fingerprint density at radius 1 is 1.25 bits per heavy atom. The molecule has 0 aliphatic heterocycles. The molecule has 4 heteroatoms. The van der Waals surface area contributed by atoms with Crippen molar-refractivity contribution in [3.63, 3.8) is 0 Å².